The maximum Gasteiger partial charge on any atom is 0.231 e. The second-order valence-corrected chi connectivity index (χ2v) is 6.83. The zero-order valence-corrected chi connectivity index (χ0v) is 13.8. The van der Waals surface area contributed by atoms with Crippen LogP contribution in [0.5, 0.6) is 0 Å². The summed E-state index contributed by atoms with van der Waals surface area (Å²) in [5, 5.41) is 0. The van der Waals surface area contributed by atoms with Crippen LogP contribution in [0.2, 0.25) is 0 Å². The Bertz CT molecular complexity index is 622. The molecule has 2 unspecified atom stereocenters. The van der Waals surface area contributed by atoms with Crippen LogP contribution in [-0.2, 0) is 9.59 Å². The number of hydrogen-bond donors (Lipinski definition) is 1. The summed E-state index contributed by atoms with van der Waals surface area (Å²) in [4.78, 5) is 27.7. The molecule has 1 aromatic rings. The van der Waals surface area contributed by atoms with Gasteiger partial charge in [-0.15, -0.1) is 0 Å². The maximum atomic E-state index is 13.9. The standard InChI is InChI=1S/C18H24FN3O2/c19-16-6-2-1-5-15(16)13-7-9-22(11-13)18(24)14-4-3-8-21(10-14)12-17(20)23/h1-2,5-6,13-14H,3-4,7-12H2,(H2,20,23). The number of nitrogens with zero attached hydrogens (tertiary/aromatic N) is 2. The molecule has 3 rings (SSSR count). The summed E-state index contributed by atoms with van der Waals surface area (Å²) in [5.41, 5.74) is 5.95. The van der Waals surface area contributed by atoms with Gasteiger partial charge in [-0.25, -0.2) is 4.39 Å². The fraction of sp³-hybridized carbons (Fsp3) is 0.556. The number of carbonyl (C=O) groups is 2. The molecule has 24 heavy (non-hydrogen) atoms. The topological polar surface area (TPSA) is 66.6 Å². The van der Waals surface area contributed by atoms with Gasteiger partial charge in [0.1, 0.15) is 5.82 Å². The Balaban J connectivity index is 1.60. The smallest absolute Gasteiger partial charge is 0.231 e. The highest BCUT2D eigenvalue weighted by atomic mass is 19.1. The van der Waals surface area contributed by atoms with Gasteiger partial charge < -0.3 is 10.6 Å². The number of piperidine rings is 1. The van der Waals surface area contributed by atoms with Gasteiger partial charge in [0.15, 0.2) is 0 Å². The first kappa shape index (κ1) is 16.9. The minimum atomic E-state index is -0.358. The molecule has 2 fully saturated rings. The number of primary amides is 1. The SMILES string of the molecule is NC(=O)CN1CCCC(C(=O)N2CCC(c3ccccc3F)C2)C1. The zero-order valence-electron chi connectivity index (χ0n) is 13.8. The van der Waals surface area contributed by atoms with Crippen molar-refractivity contribution in [1.82, 2.24) is 9.80 Å². The van der Waals surface area contributed by atoms with Crippen LogP contribution < -0.4 is 5.73 Å². The van der Waals surface area contributed by atoms with Crippen LogP contribution in [-0.4, -0.2) is 54.3 Å². The van der Waals surface area contributed by atoms with Crippen LogP contribution in [0.25, 0.3) is 0 Å². The van der Waals surface area contributed by atoms with Crippen LogP contribution in [0.1, 0.15) is 30.7 Å². The molecule has 2 N–H and O–H groups in total. The first-order chi connectivity index (χ1) is 11.5. The van der Waals surface area contributed by atoms with Crippen molar-refractivity contribution in [1.29, 1.82) is 0 Å². The van der Waals surface area contributed by atoms with E-state index < -0.39 is 0 Å². The maximum absolute atomic E-state index is 13.9. The van der Waals surface area contributed by atoms with Gasteiger partial charge >= 0.3 is 0 Å². The van der Waals surface area contributed by atoms with Gasteiger partial charge in [-0.3, -0.25) is 14.5 Å². The van der Waals surface area contributed by atoms with Crippen molar-refractivity contribution in [2.45, 2.75) is 25.2 Å². The lowest BCUT2D eigenvalue weighted by atomic mass is 9.96. The van der Waals surface area contributed by atoms with E-state index in [9.17, 15) is 14.0 Å². The zero-order chi connectivity index (χ0) is 17.1. The Morgan fingerprint density at radius 3 is 2.71 bits per heavy atom. The van der Waals surface area contributed by atoms with Crippen molar-refractivity contribution in [2.75, 3.05) is 32.7 Å². The predicted molar refractivity (Wildman–Crippen MR) is 88.7 cm³/mol. The normalized spacial score (nSPS) is 25.0. The summed E-state index contributed by atoms with van der Waals surface area (Å²) >= 11 is 0. The summed E-state index contributed by atoms with van der Waals surface area (Å²) in [6.07, 6.45) is 2.54. The monoisotopic (exact) mass is 333 g/mol. The lowest BCUT2D eigenvalue weighted by Gasteiger charge is -2.33. The third-order valence-corrected chi connectivity index (χ3v) is 5.08. The lowest BCUT2D eigenvalue weighted by molar-refractivity contribution is -0.137. The number of amides is 2. The molecule has 0 aliphatic carbocycles. The van der Waals surface area contributed by atoms with E-state index >= 15 is 0 Å². The summed E-state index contributed by atoms with van der Waals surface area (Å²) in [6.45, 7) is 2.85. The molecule has 0 bridgehead atoms. The second kappa shape index (κ2) is 7.30. The number of nitrogens with two attached hydrogens (primary N) is 1. The van der Waals surface area contributed by atoms with Crippen molar-refractivity contribution in [3.05, 3.63) is 35.6 Å². The largest absolute Gasteiger partial charge is 0.369 e. The third kappa shape index (κ3) is 3.75. The molecule has 0 aromatic heterocycles. The minimum absolute atomic E-state index is 0.0699. The average molecular weight is 333 g/mol. The van der Waals surface area contributed by atoms with E-state index in [2.05, 4.69) is 0 Å². The Morgan fingerprint density at radius 2 is 1.96 bits per heavy atom. The molecule has 130 valence electrons. The number of benzene rings is 1. The molecule has 2 aliphatic rings. The Hall–Kier alpha value is -1.95. The van der Waals surface area contributed by atoms with Gasteiger partial charge in [0.2, 0.25) is 11.8 Å². The number of carbonyl (C=O) groups excluding carboxylic acids is 2. The predicted octanol–water partition coefficient (Wildman–Crippen LogP) is 1.34. The number of halogens is 1. The van der Waals surface area contributed by atoms with Crippen LogP contribution in [0.3, 0.4) is 0 Å². The molecule has 6 heteroatoms. The van der Waals surface area contributed by atoms with Gasteiger partial charge in [-0.05, 0) is 37.4 Å². The number of hydrogen-bond acceptors (Lipinski definition) is 3. The van der Waals surface area contributed by atoms with Crippen molar-refractivity contribution >= 4 is 11.8 Å². The number of likely N-dealkylation sites (tertiary alicyclic amines) is 2. The van der Waals surface area contributed by atoms with E-state index in [1.54, 1.807) is 6.07 Å². The highest BCUT2D eigenvalue weighted by molar-refractivity contribution is 5.80. The second-order valence-electron chi connectivity index (χ2n) is 6.83. The average Bonchev–Trinajstić information content (AvgIpc) is 3.04. The Morgan fingerprint density at radius 1 is 1.17 bits per heavy atom. The molecule has 2 saturated heterocycles. The van der Waals surface area contributed by atoms with Crippen LogP contribution in [0.15, 0.2) is 24.3 Å². The Kier molecular flexibility index (Phi) is 5.14. The third-order valence-electron chi connectivity index (χ3n) is 5.08. The van der Waals surface area contributed by atoms with Crippen LogP contribution >= 0.6 is 0 Å². The first-order valence-electron chi connectivity index (χ1n) is 8.58. The van der Waals surface area contributed by atoms with Gasteiger partial charge in [0, 0.05) is 25.6 Å². The molecule has 0 radical (unpaired) electrons. The van der Waals surface area contributed by atoms with Gasteiger partial charge in [0.25, 0.3) is 0 Å². The summed E-state index contributed by atoms with van der Waals surface area (Å²) in [7, 11) is 0. The number of rotatable bonds is 4. The molecule has 2 atom stereocenters. The summed E-state index contributed by atoms with van der Waals surface area (Å²) in [6, 6.07) is 6.81. The van der Waals surface area contributed by atoms with Crippen molar-refractivity contribution in [2.24, 2.45) is 11.7 Å². The van der Waals surface area contributed by atoms with Crippen LogP contribution in [0, 0.1) is 11.7 Å². The molecule has 0 saturated carbocycles. The van der Waals surface area contributed by atoms with E-state index in [1.165, 1.54) is 6.07 Å². The first-order valence-corrected chi connectivity index (χ1v) is 8.58. The van der Waals surface area contributed by atoms with Crippen molar-refractivity contribution < 1.29 is 14.0 Å². The molecule has 2 amide bonds. The fourth-order valence-electron chi connectivity index (χ4n) is 3.90. The molecular formula is C18H24FN3O2. The van der Waals surface area contributed by atoms with Gasteiger partial charge in [-0.1, -0.05) is 18.2 Å². The van der Waals surface area contributed by atoms with Crippen molar-refractivity contribution in [3.8, 4) is 0 Å². The van der Waals surface area contributed by atoms with Crippen molar-refractivity contribution in [3.63, 3.8) is 0 Å². The highest BCUT2D eigenvalue weighted by Gasteiger charge is 2.34. The lowest BCUT2D eigenvalue weighted by Crippen LogP contribution is -2.46. The van der Waals surface area contributed by atoms with E-state index in [4.69, 9.17) is 5.73 Å². The molecule has 2 aliphatic heterocycles. The van der Waals surface area contributed by atoms with E-state index in [-0.39, 0.29) is 36.0 Å². The molecule has 2 heterocycles. The van der Waals surface area contributed by atoms with E-state index in [1.807, 2.05) is 21.9 Å². The highest BCUT2D eigenvalue weighted by Crippen LogP contribution is 2.30. The summed E-state index contributed by atoms with van der Waals surface area (Å²) in [5.74, 6) is -0.438. The molecule has 0 spiro atoms. The van der Waals surface area contributed by atoms with Gasteiger partial charge in [-0.2, -0.15) is 0 Å². The minimum Gasteiger partial charge on any atom is -0.369 e. The molecular weight excluding hydrogens is 309 g/mol. The summed E-state index contributed by atoms with van der Waals surface area (Å²) < 4.78 is 13.9. The van der Waals surface area contributed by atoms with Gasteiger partial charge in [0.05, 0.1) is 12.5 Å². The van der Waals surface area contributed by atoms with E-state index in [0.717, 1.165) is 25.8 Å². The molecule has 5 nitrogen and oxygen atoms in total. The van der Waals surface area contributed by atoms with E-state index in [0.29, 0.717) is 25.2 Å². The fourth-order valence-corrected chi connectivity index (χ4v) is 3.90. The Labute approximate surface area is 141 Å². The van der Waals surface area contributed by atoms with Crippen LogP contribution in [0.4, 0.5) is 4.39 Å². The molecule has 1 aromatic carbocycles. The quantitative estimate of drug-likeness (QED) is 0.904.